The van der Waals surface area contributed by atoms with Crippen molar-refractivity contribution in [2.75, 3.05) is 13.6 Å². The summed E-state index contributed by atoms with van der Waals surface area (Å²) in [5.74, 6) is 1.46. The van der Waals surface area contributed by atoms with E-state index in [2.05, 4.69) is 41.7 Å². The highest BCUT2D eigenvalue weighted by molar-refractivity contribution is 14.0. The third kappa shape index (κ3) is 9.67. The average Bonchev–Trinajstić information content (AvgIpc) is 2.57. The Kier molecular flexibility index (Phi) is 12.3. The van der Waals surface area contributed by atoms with Crippen LogP contribution in [0.25, 0.3) is 0 Å². The van der Waals surface area contributed by atoms with E-state index in [-0.39, 0.29) is 29.9 Å². The molecule has 1 aromatic carbocycles. The second-order valence-corrected chi connectivity index (χ2v) is 6.50. The van der Waals surface area contributed by atoms with Crippen molar-refractivity contribution in [2.24, 2.45) is 10.9 Å². The van der Waals surface area contributed by atoms with Gasteiger partial charge in [0, 0.05) is 31.7 Å². The normalized spacial score (nSPS) is 12.3. The van der Waals surface area contributed by atoms with Crippen LogP contribution in [-0.4, -0.2) is 31.5 Å². The van der Waals surface area contributed by atoms with Crippen LogP contribution in [0.1, 0.15) is 56.5 Å². The summed E-state index contributed by atoms with van der Waals surface area (Å²) in [5, 5.41) is 9.54. The van der Waals surface area contributed by atoms with E-state index in [0.717, 1.165) is 17.9 Å². The van der Waals surface area contributed by atoms with Crippen LogP contribution >= 0.6 is 24.0 Å². The van der Waals surface area contributed by atoms with Crippen molar-refractivity contribution in [3.63, 3.8) is 0 Å². The van der Waals surface area contributed by atoms with Crippen molar-refractivity contribution < 1.29 is 4.79 Å². The molecule has 0 aliphatic heterocycles. The SMILES string of the molecule is CCNC(=O)c1cccc(CNC(=NC)NC(C)CCC(C)C)c1.I. The first-order chi connectivity index (χ1) is 11.5. The van der Waals surface area contributed by atoms with Crippen molar-refractivity contribution in [1.82, 2.24) is 16.0 Å². The number of benzene rings is 1. The number of nitrogens with one attached hydrogen (secondary N) is 3. The quantitative estimate of drug-likeness (QED) is 0.316. The first-order valence-electron chi connectivity index (χ1n) is 8.80. The first kappa shape index (κ1) is 23.7. The first-order valence-corrected chi connectivity index (χ1v) is 8.80. The molecule has 3 N–H and O–H groups in total. The molecule has 1 rings (SSSR count). The number of carbonyl (C=O) groups is 1. The standard InChI is InChI=1S/C19H32N4O.HI/c1-6-21-18(24)17-9-7-8-16(12-17)13-22-19(20-5)23-15(4)11-10-14(2)3;/h7-9,12,14-15H,6,10-11,13H2,1-5H3,(H,21,24)(H2,20,22,23);1H. The van der Waals surface area contributed by atoms with E-state index >= 15 is 0 Å². The zero-order chi connectivity index (χ0) is 17.9. The third-order valence-corrected chi connectivity index (χ3v) is 3.77. The highest BCUT2D eigenvalue weighted by atomic mass is 127. The van der Waals surface area contributed by atoms with Crippen LogP contribution in [0.3, 0.4) is 0 Å². The van der Waals surface area contributed by atoms with Crippen molar-refractivity contribution in [2.45, 2.75) is 53.1 Å². The van der Waals surface area contributed by atoms with Crippen LogP contribution < -0.4 is 16.0 Å². The summed E-state index contributed by atoms with van der Waals surface area (Å²) in [7, 11) is 1.77. The Morgan fingerprint density at radius 2 is 1.88 bits per heavy atom. The van der Waals surface area contributed by atoms with Gasteiger partial charge in [-0.1, -0.05) is 26.0 Å². The summed E-state index contributed by atoms with van der Waals surface area (Å²) in [5.41, 5.74) is 1.74. The number of hydrogen-bond acceptors (Lipinski definition) is 2. The summed E-state index contributed by atoms with van der Waals surface area (Å²) in [4.78, 5) is 16.2. The van der Waals surface area contributed by atoms with Gasteiger partial charge in [-0.25, -0.2) is 0 Å². The van der Waals surface area contributed by atoms with Gasteiger partial charge in [0.05, 0.1) is 0 Å². The number of amides is 1. The molecule has 1 unspecified atom stereocenters. The van der Waals surface area contributed by atoms with Crippen molar-refractivity contribution in [3.05, 3.63) is 35.4 Å². The van der Waals surface area contributed by atoms with Gasteiger partial charge < -0.3 is 16.0 Å². The molecule has 1 atom stereocenters. The fourth-order valence-electron chi connectivity index (χ4n) is 2.35. The predicted octanol–water partition coefficient (Wildman–Crippen LogP) is 3.54. The molecular formula is C19H33IN4O. The molecule has 0 saturated heterocycles. The van der Waals surface area contributed by atoms with E-state index in [9.17, 15) is 4.79 Å². The molecule has 5 nitrogen and oxygen atoms in total. The van der Waals surface area contributed by atoms with Gasteiger partial charge in [0.2, 0.25) is 0 Å². The van der Waals surface area contributed by atoms with Gasteiger partial charge in [-0.3, -0.25) is 9.79 Å². The molecule has 6 heteroatoms. The number of hydrogen-bond donors (Lipinski definition) is 3. The minimum Gasteiger partial charge on any atom is -0.354 e. The zero-order valence-corrected chi connectivity index (χ0v) is 18.4. The van der Waals surface area contributed by atoms with Crippen LogP contribution in [0, 0.1) is 5.92 Å². The van der Waals surface area contributed by atoms with Gasteiger partial charge in [0.25, 0.3) is 5.91 Å². The lowest BCUT2D eigenvalue weighted by atomic mass is 10.0. The summed E-state index contributed by atoms with van der Waals surface area (Å²) >= 11 is 0. The fourth-order valence-corrected chi connectivity index (χ4v) is 2.35. The zero-order valence-electron chi connectivity index (χ0n) is 16.1. The van der Waals surface area contributed by atoms with E-state index in [1.807, 2.05) is 31.2 Å². The van der Waals surface area contributed by atoms with Gasteiger partial charge >= 0.3 is 0 Å². The van der Waals surface area contributed by atoms with Crippen molar-refractivity contribution >= 4 is 35.8 Å². The maximum atomic E-state index is 11.9. The molecule has 0 spiro atoms. The Bertz CT molecular complexity index is 546. The molecule has 1 amide bonds. The molecule has 142 valence electrons. The number of rotatable bonds is 8. The topological polar surface area (TPSA) is 65.5 Å². The molecule has 0 aliphatic rings. The predicted molar refractivity (Wildman–Crippen MR) is 117 cm³/mol. The van der Waals surface area contributed by atoms with Crippen LogP contribution in [0.15, 0.2) is 29.3 Å². The largest absolute Gasteiger partial charge is 0.354 e. The van der Waals surface area contributed by atoms with Crippen LogP contribution in [0.5, 0.6) is 0 Å². The monoisotopic (exact) mass is 460 g/mol. The van der Waals surface area contributed by atoms with Gasteiger partial charge in [0.1, 0.15) is 0 Å². The number of guanidine groups is 1. The third-order valence-electron chi connectivity index (χ3n) is 3.77. The molecule has 1 aromatic rings. The number of carbonyl (C=O) groups excluding carboxylic acids is 1. The Labute approximate surface area is 169 Å². The summed E-state index contributed by atoms with van der Waals surface area (Å²) in [6, 6.07) is 8.03. The highest BCUT2D eigenvalue weighted by Gasteiger charge is 2.08. The van der Waals surface area contributed by atoms with E-state index in [0.29, 0.717) is 30.6 Å². The lowest BCUT2D eigenvalue weighted by molar-refractivity contribution is 0.0955. The molecule has 0 aromatic heterocycles. The molecule has 0 saturated carbocycles. The summed E-state index contributed by atoms with van der Waals surface area (Å²) in [6.07, 6.45) is 2.31. The molecule has 0 fully saturated rings. The number of halogens is 1. The van der Waals surface area contributed by atoms with Gasteiger partial charge in [-0.2, -0.15) is 0 Å². The molecule has 0 aliphatic carbocycles. The van der Waals surface area contributed by atoms with Gasteiger partial charge in [-0.15, -0.1) is 24.0 Å². The second-order valence-electron chi connectivity index (χ2n) is 6.50. The fraction of sp³-hybridized carbons (Fsp3) is 0.579. The Balaban J connectivity index is 0.00000576. The number of aliphatic imine (C=N–C) groups is 1. The Morgan fingerprint density at radius 3 is 2.48 bits per heavy atom. The minimum absolute atomic E-state index is 0. The van der Waals surface area contributed by atoms with Crippen molar-refractivity contribution in [1.29, 1.82) is 0 Å². The second kappa shape index (κ2) is 13.0. The van der Waals surface area contributed by atoms with Crippen LogP contribution in [-0.2, 0) is 6.54 Å². The van der Waals surface area contributed by atoms with Crippen LogP contribution in [0.2, 0.25) is 0 Å². The Hall–Kier alpha value is -1.31. The maximum absolute atomic E-state index is 11.9. The number of nitrogens with zero attached hydrogens (tertiary/aromatic N) is 1. The lowest BCUT2D eigenvalue weighted by Gasteiger charge is -2.19. The van der Waals surface area contributed by atoms with E-state index < -0.39 is 0 Å². The van der Waals surface area contributed by atoms with E-state index in [4.69, 9.17) is 0 Å². The summed E-state index contributed by atoms with van der Waals surface area (Å²) in [6.45, 7) is 9.82. The molecule has 0 radical (unpaired) electrons. The van der Waals surface area contributed by atoms with Crippen LogP contribution in [0.4, 0.5) is 0 Å². The van der Waals surface area contributed by atoms with Crippen molar-refractivity contribution in [3.8, 4) is 0 Å². The average molecular weight is 460 g/mol. The van der Waals surface area contributed by atoms with E-state index in [1.165, 1.54) is 6.42 Å². The molecule has 0 bridgehead atoms. The maximum Gasteiger partial charge on any atom is 0.251 e. The highest BCUT2D eigenvalue weighted by Crippen LogP contribution is 2.07. The molecule has 0 heterocycles. The van der Waals surface area contributed by atoms with Gasteiger partial charge in [0.15, 0.2) is 5.96 Å². The molecule has 25 heavy (non-hydrogen) atoms. The molecular weight excluding hydrogens is 427 g/mol. The summed E-state index contributed by atoms with van der Waals surface area (Å²) < 4.78 is 0. The van der Waals surface area contributed by atoms with Gasteiger partial charge in [-0.05, 0) is 50.3 Å². The lowest BCUT2D eigenvalue weighted by Crippen LogP contribution is -2.42. The Morgan fingerprint density at radius 1 is 1.16 bits per heavy atom. The smallest absolute Gasteiger partial charge is 0.251 e. The van der Waals surface area contributed by atoms with E-state index in [1.54, 1.807) is 7.05 Å². The minimum atomic E-state index is -0.0378.